The Morgan fingerprint density at radius 1 is 1.40 bits per heavy atom. The molecule has 4 heteroatoms. The third kappa shape index (κ3) is 3.90. The van der Waals surface area contributed by atoms with Crippen molar-refractivity contribution in [2.75, 3.05) is 13.2 Å². The number of nitrogens with two attached hydrogens (primary N) is 1. The number of rotatable bonds is 5. The summed E-state index contributed by atoms with van der Waals surface area (Å²) in [5.74, 6) is 1.09. The van der Waals surface area contributed by atoms with Crippen LogP contribution in [0.4, 0.5) is 0 Å². The monoisotopic (exact) mass is 247 g/mol. The zero-order chi connectivity index (χ0) is 11.3. The van der Waals surface area contributed by atoms with E-state index in [1.54, 1.807) is 12.1 Å². The second-order valence-corrected chi connectivity index (χ2v) is 4.32. The Balaban J connectivity index is 2.47. The van der Waals surface area contributed by atoms with Gasteiger partial charge in [0, 0.05) is 0 Å². The van der Waals surface area contributed by atoms with Crippen LogP contribution < -0.4 is 10.5 Å². The first-order valence-electron chi connectivity index (χ1n) is 4.92. The molecule has 1 aromatic rings. The molecule has 1 rings (SSSR count). The van der Waals surface area contributed by atoms with Crippen LogP contribution in [-0.4, -0.2) is 13.2 Å². The number of benzene rings is 1. The van der Waals surface area contributed by atoms with Crippen LogP contribution in [0.5, 0.6) is 5.75 Å². The minimum Gasteiger partial charge on any atom is -0.492 e. The molecule has 1 aromatic carbocycles. The van der Waals surface area contributed by atoms with E-state index in [2.05, 4.69) is 6.92 Å². The van der Waals surface area contributed by atoms with E-state index in [4.69, 9.17) is 33.7 Å². The molecule has 0 aliphatic rings. The zero-order valence-corrected chi connectivity index (χ0v) is 10.2. The van der Waals surface area contributed by atoms with Gasteiger partial charge in [0.05, 0.1) is 11.6 Å². The first-order chi connectivity index (χ1) is 7.15. The van der Waals surface area contributed by atoms with Crippen LogP contribution in [0.3, 0.4) is 0 Å². The summed E-state index contributed by atoms with van der Waals surface area (Å²) in [6.07, 6.45) is 0.916. The second-order valence-electron chi connectivity index (χ2n) is 3.53. The van der Waals surface area contributed by atoms with Gasteiger partial charge in [-0.15, -0.1) is 0 Å². The molecule has 2 nitrogen and oxygen atoms in total. The van der Waals surface area contributed by atoms with Gasteiger partial charge in [0.2, 0.25) is 0 Å². The molecule has 0 amide bonds. The highest BCUT2D eigenvalue weighted by molar-refractivity contribution is 6.42. The molecule has 0 bridgehead atoms. The Bertz CT molecular complexity index is 317. The Morgan fingerprint density at radius 2 is 2.13 bits per heavy atom. The molecule has 1 unspecified atom stereocenters. The van der Waals surface area contributed by atoms with Crippen LogP contribution >= 0.6 is 23.2 Å². The predicted molar refractivity (Wildman–Crippen MR) is 64.8 cm³/mol. The molecule has 0 aromatic heterocycles. The molecule has 0 radical (unpaired) electrons. The number of hydrogen-bond donors (Lipinski definition) is 1. The minimum atomic E-state index is 0.461. The van der Waals surface area contributed by atoms with Crippen LogP contribution in [0, 0.1) is 5.92 Å². The summed E-state index contributed by atoms with van der Waals surface area (Å²) in [7, 11) is 0. The van der Waals surface area contributed by atoms with E-state index in [-0.39, 0.29) is 0 Å². The molecule has 0 fully saturated rings. The lowest BCUT2D eigenvalue weighted by Gasteiger charge is -2.11. The molecule has 0 saturated heterocycles. The van der Waals surface area contributed by atoms with Gasteiger partial charge in [-0.1, -0.05) is 36.2 Å². The minimum absolute atomic E-state index is 0.461. The van der Waals surface area contributed by atoms with Gasteiger partial charge in [-0.05, 0) is 31.0 Å². The van der Waals surface area contributed by atoms with E-state index in [9.17, 15) is 0 Å². The molecular weight excluding hydrogens is 233 g/mol. The summed E-state index contributed by atoms with van der Waals surface area (Å²) in [5.41, 5.74) is 5.50. The topological polar surface area (TPSA) is 35.2 Å². The Labute approximate surface area is 100 Å². The van der Waals surface area contributed by atoms with Crippen LogP contribution in [-0.2, 0) is 0 Å². The van der Waals surface area contributed by atoms with Crippen molar-refractivity contribution in [1.29, 1.82) is 0 Å². The predicted octanol–water partition coefficient (Wildman–Crippen LogP) is 3.36. The molecule has 0 saturated carbocycles. The van der Waals surface area contributed by atoms with Gasteiger partial charge in [-0.3, -0.25) is 0 Å². The van der Waals surface area contributed by atoms with Crippen molar-refractivity contribution >= 4 is 23.2 Å². The summed E-state index contributed by atoms with van der Waals surface area (Å²) in [6.45, 7) is 3.37. The summed E-state index contributed by atoms with van der Waals surface area (Å²) < 4.78 is 5.52. The van der Waals surface area contributed by atoms with Crippen molar-refractivity contribution in [2.24, 2.45) is 11.7 Å². The van der Waals surface area contributed by atoms with E-state index in [1.807, 2.05) is 6.07 Å². The lowest BCUT2D eigenvalue weighted by Crippen LogP contribution is -2.13. The summed E-state index contributed by atoms with van der Waals surface area (Å²) >= 11 is 11.8. The zero-order valence-electron chi connectivity index (χ0n) is 8.67. The molecule has 0 aliphatic heterocycles. The molecule has 1 atom stereocenters. The fraction of sp³-hybridized carbons (Fsp3) is 0.455. The molecule has 0 spiro atoms. The highest BCUT2D eigenvalue weighted by Crippen LogP contribution is 2.31. The fourth-order valence-electron chi connectivity index (χ4n) is 1.08. The third-order valence-corrected chi connectivity index (χ3v) is 2.99. The van der Waals surface area contributed by atoms with Gasteiger partial charge in [0.15, 0.2) is 0 Å². The molecule has 0 aliphatic carbocycles. The Kier molecular flexibility index (Phi) is 5.23. The van der Waals surface area contributed by atoms with E-state index in [0.29, 0.717) is 34.9 Å². The SMILES string of the molecule is CC(CN)CCOc1cccc(Cl)c1Cl. The van der Waals surface area contributed by atoms with E-state index in [0.717, 1.165) is 6.42 Å². The molecule has 84 valence electrons. The highest BCUT2D eigenvalue weighted by Gasteiger charge is 2.05. The van der Waals surface area contributed by atoms with E-state index >= 15 is 0 Å². The lowest BCUT2D eigenvalue weighted by molar-refractivity contribution is 0.286. The van der Waals surface area contributed by atoms with Crippen LogP contribution in [0.1, 0.15) is 13.3 Å². The summed E-state index contributed by atoms with van der Waals surface area (Å²) in [6, 6.07) is 5.36. The summed E-state index contributed by atoms with van der Waals surface area (Å²) in [4.78, 5) is 0. The lowest BCUT2D eigenvalue weighted by atomic mass is 10.1. The number of ether oxygens (including phenoxy) is 1. The van der Waals surface area contributed by atoms with Crippen molar-refractivity contribution < 1.29 is 4.74 Å². The molecular formula is C11H15Cl2NO. The van der Waals surface area contributed by atoms with Gasteiger partial charge < -0.3 is 10.5 Å². The molecule has 0 heterocycles. The van der Waals surface area contributed by atoms with Crippen LogP contribution in [0.2, 0.25) is 10.0 Å². The van der Waals surface area contributed by atoms with Crippen molar-refractivity contribution in [3.05, 3.63) is 28.2 Å². The Morgan fingerprint density at radius 3 is 2.80 bits per heavy atom. The average Bonchev–Trinajstić information content (AvgIpc) is 2.24. The molecule has 15 heavy (non-hydrogen) atoms. The largest absolute Gasteiger partial charge is 0.492 e. The molecule has 2 N–H and O–H groups in total. The van der Waals surface area contributed by atoms with E-state index < -0.39 is 0 Å². The Hall–Kier alpha value is -0.440. The van der Waals surface area contributed by atoms with Gasteiger partial charge in [0.1, 0.15) is 10.8 Å². The van der Waals surface area contributed by atoms with Gasteiger partial charge in [0.25, 0.3) is 0 Å². The normalized spacial score (nSPS) is 12.5. The third-order valence-electron chi connectivity index (χ3n) is 2.19. The second kappa shape index (κ2) is 6.21. The first-order valence-corrected chi connectivity index (χ1v) is 5.67. The van der Waals surface area contributed by atoms with Crippen molar-refractivity contribution in [3.63, 3.8) is 0 Å². The van der Waals surface area contributed by atoms with Crippen LogP contribution in [0.15, 0.2) is 18.2 Å². The summed E-state index contributed by atoms with van der Waals surface area (Å²) in [5, 5.41) is 0.987. The quantitative estimate of drug-likeness (QED) is 0.867. The fourth-order valence-corrected chi connectivity index (χ4v) is 1.43. The van der Waals surface area contributed by atoms with E-state index in [1.165, 1.54) is 0 Å². The average molecular weight is 248 g/mol. The van der Waals surface area contributed by atoms with Crippen molar-refractivity contribution in [3.8, 4) is 5.75 Å². The number of halogens is 2. The van der Waals surface area contributed by atoms with Crippen molar-refractivity contribution in [2.45, 2.75) is 13.3 Å². The van der Waals surface area contributed by atoms with Gasteiger partial charge in [-0.2, -0.15) is 0 Å². The maximum absolute atomic E-state index is 5.96. The standard InChI is InChI=1S/C11H15Cl2NO/c1-8(7-14)5-6-15-10-4-2-3-9(12)11(10)13/h2-4,8H,5-7,14H2,1H3. The maximum atomic E-state index is 5.96. The highest BCUT2D eigenvalue weighted by atomic mass is 35.5. The van der Waals surface area contributed by atoms with Gasteiger partial charge >= 0.3 is 0 Å². The van der Waals surface area contributed by atoms with Gasteiger partial charge in [-0.25, -0.2) is 0 Å². The first kappa shape index (κ1) is 12.6. The van der Waals surface area contributed by atoms with Crippen LogP contribution in [0.25, 0.3) is 0 Å². The maximum Gasteiger partial charge on any atom is 0.139 e. The van der Waals surface area contributed by atoms with Crippen molar-refractivity contribution in [1.82, 2.24) is 0 Å². The smallest absolute Gasteiger partial charge is 0.139 e. The number of hydrogen-bond acceptors (Lipinski definition) is 2.